The lowest BCUT2D eigenvalue weighted by molar-refractivity contribution is -0.118. The molecule has 1 heterocycles. The van der Waals surface area contributed by atoms with Crippen molar-refractivity contribution < 1.29 is 4.79 Å². The largest absolute Gasteiger partial charge is 0.344 e. The fourth-order valence-corrected chi connectivity index (χ4v) is 3.07. The smallest absolute Gasteiger partial charge is 0.231 e. The number of hydrogen-bond acceptors (Lipinski definition) is 4. The van der Waals surface area contributed by atoms with Crippen molar-refractivity contribution in [3.05, 3.63) is 5.82 Å². The standard InChI is InChI=1S/C14H20N4OS/c1-2-9-15-13(19)10-20-14-16-12(17-18-14)8-7-11-5-3-4-6-11/h1,11H,3-10H2,(H,15,19)(H,16,17,18). The zero-order valence-corrected chi connectivity index (χ0v) is 12.3. The molecule has 0 aromatic carbocycles. The van der Waals surface area contributed by atoms with Crippen LogP contribution in [0.2, 0.25) is 0 Å². The second-order valence-corrected chi connectivity index (χ2v) is 5.97. The Kier molecular flexibility index (Phi) is 5.93. The van der Waals surface area contributed by atoms with Crippen LogP contribution < -0.4 is 5.32 Å². The Morgan fingerprint density at radius 3 is 3.05 bits per heavy atom. The molecule has 0 aliphatic heterocycles. The Bertz CT molecular complexity index is 474. The maximum atomic E-state index is 11.4. The Labute approximate surface area is 123 Å². The number of carbonyl (C=O) groups excluding carboxylic acids is 1. The van der Waals surface area contributed by atoms with E-state index in [4.69, 9.17) is 6.42 Å². The first-order valence-corrected chi connectivity index (χ1v) is 8.00. The molecule has 0 saturated heterocycles. The molecule has 1 amide bonds. The van der Waals surface area contributed by atoms with Crippen molar-refractivity contribution in [3.8, 4) is 12.3 Å². The van der Waals surface area contributed by atoms with Crippen LogP contribution in [0.15, 0.2) is 5.16 Å². The molecule has 1 aromatic heterocycles. The minimum atomic E-state index is -0.0924. The molecular formula is C14H20N4OS. The van der Waals surface area contributed by atoms with Crippen LogP contribution in [0.4, 0.5) is 0 Å². The van der Waals surface area contributed by atoms with Crippen molar-refractivity contribution in [2.75, 3.05) is 12.3 Å². The van der Waals surface area contributed by atoms with Gasteiger partial charge in [0.05, 0.1) is 12.3 Å². The van der Waals surface area contributed by atoms with E-state index < -0.39 is 0 Å². The lowest BCUT2D eigenvalue weighted by Gasteiger charge is -2.05. The number of aryl methyl sites for hydroxylation is 1. The van der Waals surface area contributed by atoms with Crippen LogP contribution in [0.5, 0.6) is 0 Å². The van der Waals surface area contributed by atoms with Crippen molar-refractivity contribution in [3.63, 3.8) is 0 Å². The molecule has 0 unspecified atom stereocenters. The minimum Gasteiger partial charge on any atom is -0.344 e. The second kappa shape index (κ2) is 7.95. The van der Waals surface area contributed by atoms with Gasteiger partial charge in [0.25, 0.3) is 0 Å². The topological polar surface area (TPSA) is 70.7 Å². The summed E-state index contributed by atoms with van der Waals surface area (Å²) in [7, 11) is 0. The highest BCUT2D eigenvalue weighted by molar-refractivity contribution is 7.99. The first-order valence-electron chi connectivity index (χ1n) is 7.02. The van der Waals surface area contributed by atoms with Crippen molar-refractivity contribution >= 4 is 17.7 Å². The van der Waals surface area contributed by atoms with Crippen LogP contribution in [0, 0.1) is 18.3 Å². The van der Waals surface area contributed by atoms with Crippen molar-refractivity contribution in [1.29, 1.82) is 0 Å². The summed E-state index contributed by atoms with van der Waals surface area (Å²) >= 11 is 1.32. The van der Waals surface area contributed by atoms with Gasteiger partial charge in [0, 0.05) is 6.42 Å². The third-order valence-corrected chi connectivity index (χ3v) is 4.34. The Hall–Kier alpha value is -1.48. The summed E-state index contributed by atoms with van der Waals surface area (Å²) in [4.78, 5) is 15.8. The number of thioether (sulfide) groups is 1. The molecule has 20 heavy (non-hydrogen) atoms. The normalized spacial score (nSPS) is 15.2. The molecule has 108 valence electrons. The first kappa shape index (κ1) is 14.9. The minimum absolute atomic E-state index is 0.0924. The van der Waals surface area contributed by atoms with E-state index in [1.54, 1.807) is 0 Å². The Morgan fingerprint density at radius 2 is 2.30 bits per heavy atom. The van der Waals surface area contributed by atoms with Crippen molar-refractivity contribution in [2.24, 2.45) is 5.92 Å². The average Bonchev–Trinajstić information content (AvgIpc) is 3.11. The molecule has 6 heteroatoms. The molecule has 1 aromatic rings. The Balaban J connectivity index is 1.69. The van der Waals surface area contributed by atoms with Gasteiger partial charge in [-0.1, -0.05) is 43.4 Å². The maximum absolute atomic E-state index is 11.4. The van der Waals surface area contributed by atoms with Gasteiger partial charge in [-0.25, -0.2) is 4.98 Å². The van der Waals surface area contributed by atoms with Gasteiger partial charge >= 0.3 is 0 Å². The second-order valence-electron chi connectivity index (χ2n) is 5.02. The van der Waals surface area contributed by atoms with E-state index in [2.05, 4.69) is 26.4 Å². The lowest BCUT2D eigenvalue weighted by Crippen LogP contribution is -2.25. The van der Waals surface area contributed by atoms with E-state index in [9.17, 15) is 4.79 Å². The molecule has 0 radical (unpaired) electrons. The fourth-order valence-electron chi connectivity index (χ4n) is 2.42. The van der Waals surface area contributed by atoms with Gasteiger partial charge in [0.1, 0.15) is 5.82 Å². The maximum Gasteiger partial charge on any atom is 0.231 e. The number of H-pyrrole nitrogens is 1. The number of aromatic nitrogens is 3. The molecule has 1 aliphatic rings. The first-order chi connectivity index (χ1) is 9.78. The summed E-state index contributed by atoms with van der Waals surface area (Å²) in [5.74, 6) is 4.34. The van der Waals surface area contributed by atoms with E-state index in [0.717, 1.165) is 18.2 Å². The lowest BCUT2D eigenvalue weighted by atomic mass is 10.0. The van der Waals surface area contributed by atoms with Gasteiger partial charge in [-0.2, -0.15) is 0 Å². The van der Waals surface area contributed by atoms with E-state index in [1.165, 1.54) is 43.9 Å². The number of nitrogens with zero attached hydrogens (tertiary/aromatic N) is 2. The van der Waals surface area contributed by atoms with Crippen LogP contribution in [-0.2, 0) is 11.2 Å². The number of carbonyl (C=O) groups is 1. The van der Waals surface area contributed by atoms with Crippen molar-refractivity contribution in [1.82, 2.24) is 20.5 Å². The average molecular weight is 292 g/mol. The highest BCUT2D eigenvalue weighted by Gasteiger charge is 2.15. The third kappa shape index (κ3) is 4.89. The highest BCUT2D eigenvalue weighted by Crippen LogP contribution is 2.28. The molecule has 0 bridgehead atoms. The number of nitrogens with one attached hydrogen (secondary N) is 2. The van der Waals surface area contributed by atoms with Gasteiger partial charge in [-0.05, 0) is 12.3 Å². The summed E-state index contributed by atoms with van der Waals surface area (Å²) < 4.78 is 0. The summed E-state index contributed by atoms with van der Waals surface area (Å²) in [6.07, 6.45) is 12.6. The molecule has 0 atom stereocenters. The molecule has 1 fully saturated rings. The number of terminal acetylenes is 1. The van der Waals surface area contributed by atoms with Gasteiger partial charge in [0.2, 0.25) is 11.1 Å². The molecule has 2 rings (SSSR count). The van der Waals surface area contributed by atoms with Crippen LogP contribution >= 0.6 is 11.8 Å². The van der Waals surface area contributed by atoms with Gasteiger partial charge < -0.3 is 5.32 Å². The molecule has 2 N–H and O–H groups in total. The van der Waals surface area contributed by atoms with Gasteiger partial charge in [-0.15, -0.1) is 11.5 Å². The van der Waals surface area contributed by atoms with E-state index in [1.807, 2.05) is 0 Å². The molecule has 5 nitrogen and oxygen atoms in total. The third-order valence-electron chi connectivity index (χ3n) is 3.50. The number of hydrogen-bond donors (Lipinski definition) is 2. The summed E-state index contributed by atoms with van der Waals surface area (Å²) in [5.41, 5.74) is 0. The van der Waals surface area contributed by atoms with Gasteiger partial charge in [-0.3, -0.25) is 9.89 Å². The van der Waals surface area contributed by atoms with Crippen LogP contribution in [0.1, 0.15) is 37.9 Å². The summed E-state index contributed by atoms with van der Waals surface area (Å²) in [5, 5.41) is 10.3. The number of amides is 1. The van der Waals surface area contributed by atoms with Crippen LogP contribution in [0.3, 0.4) is 0 Å². The summed E-state index contributed by atoms with van der Waals surface area (Å²) in [6.45, 7) is 0.264. The SMILES string of the molecule is C#CCNC(=O)CSc1n[nH]c(CCC2CCCC2)n1. The zero-order valence-electron chi connectivity index (χ0n) is 11.5. The van der Waals surface area contributed by atoms with Crippen molar-refractivity contribution in [2.45, 2.75) is 43.7 Å². The molecule has 1 saturated carbocycles. The molecule has 0 spiro atoms. The quantitative estimate of drug-likeness (QED) is 0.593. The van der Waals surface area contributed by atoms with E-state index >= 15 is 0 Å². The number of rotatable bonds is 7. The zero-order chi connectivity index (χ0) is 14.2. The van der Waals surface area contributed by atoms with Crippen LogP contribution in [-0.4, -0.2) is 33.4 Å². The summed E-state index contributed by atoms with van der Waals surface area (Å²) in [6, 6.07) is 0. The predicted octanol–water partition coefficient (Wildman–Crippen LogP) is 1.77. The molecule has 1 aliphatic carbocycles. The van der Waals surface area contributed by atoms with Crippen LogP contribution in [0.25, 0.3) is 0 Å². The van der Waals surface area contributed by atoms with E-state index in [0.29, 0.717) is 10.9 Å². The van der Waals surface area contributed by atoms with E-state index in [-0.39, 0.29) is 12.5 Å². The number of aromatic amines is 1. The monoisotopic (exact) mass is 292 g/mol. The fraction of sp³-hybridized carbons (Fsp3) is 0.643. The molecular weight excluding hydrogens is 272 g/mol. The predicted molar refractivity (Wildman–Crippen MR) is 79.2 cm³/mol. The Morgan fingerprint density at radius 1 is 1.50 bits per heavy atom. The highest BCUT2D eigenvalue weighted by atomic mass is 32.2. The van der Waals surface area contributed by atoms with Gasteiger partial charge in [0.15, 0.2) is 0 Å².